The minimum atomic E-state index is -5.10. The lowest BCUT2D eigenvalue weighted by Crippen LogP contribution is -2.48. The molecule has 8 nitrogen and oxygen atoms in total. The second-order valence-electron chi connectivity index (χ2n) is 6.57. The lowest BCUT2D eigenvalue weighted by Gasteiger charge is -2.29. The molecule has 0 aliphatic heterocycles. The van der Waals surface area contributed by atoms with Gasteiger partial charge in [0, 0.05) is 19.4 Å². The number of amides is 1. The first-order valence-corrected chi connectivity index (χ1v) is 8.29. The summed E-state index contributed by atoms with van der Waals surface area (Å²) in [6.07, 6.45) is -3.98. The summed E-state index contributed by atoms with van der Waals surface area (Å²) >= 11 is 0. The number of fused-ring (bicyclic) bond motifs is 1. The van der Waals surface area contributed by atoms with Crippen LogP contribution in [0.4, 0.5) is 13.2 Å². The van der Waals surface area contributed by atoms with E-state index in [2.05, 4.69) is 20.3 Å². The van der Waals surface area contributed by atoms with Crippen molar-refractivity contribution in [2.45, 2.75) is 31.2 Å². The molecule has 3 aromatic rings. The highest BCUT2D eigenvalue weighted by molar-refractivity contribution is 5.79. The maximum atomic E-state index is 13.5. The van der Waals surface area contributed by atoms with Crippen molar-refractivity contribution >= 4 is 16.9 Å². The average molecular weight is 397 g/mol. The van der Waals surface area contributed by atoms with Crippen LogP contribution in [0.5, 0.6) is 0 Å². The largest absolute Gasteiger partial charge is 0.425 e. The van der Waals surface area contributed by atoms with E-state index in [9.17, 15) is 27.9 Å². The molecule has 150 valence electrons. The van der Waals surface area contributed by atoms with Gasteiger partial charge in [-0.2, -0.15) is 13.2 Å². The van der Waals surface area contributed by atoms with Crippen LogP contribution in [0.3, 0.4) is 0 Å². The van der Waals surface area contributed by atoms with Gasteiger partial charge in [-0.25, -0.2) is 9.78 Å². The number of hydrogen-bond donors (Lipinski definition) is 4. The highest BCUT2D eigenvalue weighted by Crippen LogP contribution is 2.40. The molecule has 1 aromatic carbocycles. The number of halogens is 3. The maximum Gasteiger partial charge on any atom is 0.425 e. The Morgan fingerprint density at radius 1 is 1.32 bits per heavy atom. The van der Waals surface area contributed by atoms with Gasteiger partial charge in [-0.05, 0) is 24.6 Å². The molecule has 0 aliphatic carbocycles. The van der Waals surface area contributed by atoms with Crippen molar-refractivity contribution in [3.05, 3.63) is 52.5 Å². The monoisotopic (exact) mass is 397 g/mol. The third-order valence-electron chi connectivity index (χ3n) is 4.49. The predicted molar refractivity (Wildman–Crippen MR) is 93.3 cm³/mol. The number of rotatable bonds is 5. The SMILES string of the molecule is CC(NC(=O)CC(O)(c1nccn1C)C(F)(F)F)c1ccc2[nH]c(=O)[nH]c2c1. The second kappa shape index (κ2) is 6.82. The van der Waals surface area contributed by atoms with E-state index in [0.717, 1.165) is 10.8 Å². The molecule has 2 aromatic heterocycles. The van der Waals surface area contributed by atoms with Crippen molar-refractivity contribution in [2.75, 3.05) is 0 Å². The van der Waals surface area contributed by atoms with Gasteiger partial charge in [-0.1, -0.05) is 6.07 Å². The highest BCUT2D eigenvalue weighted by atomic mass is 19.4. The van der Waals surface area contributed by atoms with Gasteiger partial charge in [0.15, 0.2) is 5.82 Å². The number of carbonyl (C=O) groups excluding carboxylic acids is 1. The Kier molecular flexibility index (Phi) is 4.79. The number of alkyl halides is 3. The average Bonchev–Trinajstić information content (AvgIpc) is 3.17. The van der Waals surface area contributed by atoms with Gasteiger partial charge in [-0.3, -0.25) is 4.79 Å². The summed E-state index contributed by atoms with van der Waals surface area (Å²) in [6.45, 7) is 1.58. The lowest BCUT2D eigenvalue weighted by molar-refractivity contribution is -0.271. The molecule has 2 heterocycles. The number of hydrogen-bond acceptors (Lipinski definition) is 4. The fourth-order valence-corrected chi connectivity index (χ4v) is 3.00. The summed E-state index contributed by atoms with van der Waals surface area (Å²) in [5, 5.41) is 12.7. The normalized spacial score (nSPS) is 15.4. The molecule has 11 heteroatoms. The van der Waals surface area contributed by atoms with E-state index in [4.69, 9.17) is 0 Å². The molecule has 0 aliphatic rings. The molecule has 2 atom stereocenters. The van der Waals surface area contributed by atoms with Crippen LogP contribution in [0.2, 0.25) is 0 Å². The Bertz CT molecular complexity index is 1070. The van der Waals surface area contributed by atoms with Crippen molar-refractivity contribution in [1.29, 1.82) is 0 Å². The molecular weight excluding hydrogens is 379 g/mol. The first-order valence-electron chi connectivity index (χ1n) is 8.29. The van der Waals surface area contributed by atoms with Gasteiger partial charge in [0.05, 0.1) is 23.5 Å². The molecule has 0 fully saturated rings. The molecule has 0 saturated heterocycles. The molecule has 0 bridgehead atoms. The highest BCUT2D eigenvalue weighted by Gasteiger charge is 2.58. The minimum absolute atomic E-state index is 0.394. The van der Waals surface area contributed by atoms with Gasteiger partial charge in [0.1, 0.15) is 0 Å². The van der Waals surface area contributed by atoms with Gasteiger partial charge in [0.25, 0.3) is 0 Å². The van der Waals surface area contributed by atoms with Crippen LogP contribution in [0.1, 0.15) is 30.8 Å². The zero-order chi connectivity index (χ0) is 20.7. The van der Waals surface area contributed by atoms with Gasteiger partial charge < -0.3 is 25.0 Å². The van der Waals surface area contributed by atoms with Crippen LogP contribution in [0, 0.1) is 0 Å². The quantitative estimate of drug-likeness (QED) is 0.523. The van der Waals surface area contributed by atoms with Crippen molar-refractivity contribution < 1.29 is 23.1 Å². The van der Waals surface area contributed by atoms with E-state index in [0.29, 0.717) is 16.6 Å². The van der Waals surface area contributed by atoms with E-state index in [1.807, 2.05) is 0 Å². The Morgan fingerprint density at radius 3 is 2.61 bits per heavy atom. The van der Waals surface area contributed by atoms with Gasteiger partial charge >= 0.3 is 11.9 Å². The summed E-state index contributed by atoms with van der Waals surface area (Å²) in [5.41, 5.74) is -2.18. The van der Waals surface area contributed by atoms with E-state index in [-0.39, 0.29) is 0 Å². The Labute approximate surface area is 156 Å². The number of imidazole rings is 2. The summed E-state index contributed by atoms with van der Waals surface area (Å²) in [4.78, 5) is 32.3. The summed E-state index contributed by atoms with van der Waals surface area (Å²) in [5.74, 6) is -1.67. The molecule has 1 amide bonds. The number of aromatic nitrogens is 4. The number of aryl methyl sites for hydroxylation is 1. The summed E-state index contributed by atoms with van der Waals surface area (Å²) < 4.78 is 41.6. The topological polar surface area (TPSA) is 116 Å². The molecule has 0 radical (unpaired) electrons. The predicted octanol–water partition coefficient (Wildman–Crippen LogP) is 1.61. The molecule has 2 unspecified atom stereocenters. The van der Waals surface area contributed by atoms with Crippen LogP contribution in [-0.2, 0) is 17.4 Å². The number of carbonyl (C=O) groups is 1. The standard InChI is InChI=1S/C17H18F3N5O3/c1-9(10-3-4-11-12(7-10)24-15(27)23-11)22-13(26)8-16(28,17(18,19)20)14-21-5-6-25(14)2/h3-7,9,28H,8H2,1-2H3,(H,22,26)(H2,23,24,27). The first-order chi connectivity index (χ1) is 13.0. The molecule has 3 rings (SSSR count). The van der Waals surface area contributed by atoms with Crippen molar-refractivity contribution in [3.8, 4) is 0 Å². The molecule has 28 heavy (non-hydrogen) atoms. The lowest BCUT2D eigenvalue weighted by atomic mass is 9.96. The van der Waals surface area contributed by atoms with Crippen LogP contribution in [0.25, 0.3) is 11.0 Å². The molecule has 0 saturated carbocycles. The van der Waals surface area contributed by atoms with Crippen molar-refractivity contribution in [1.82, 2.24) is 24.8 Å². The number of benzene rings is 1. The summed E-state index contributed by atoms with van der Waals surface area (Å²) in [7, 11) is 1.30. The number of aromatic amines is 2. The first kappa shape index (κ1) is 19.7. The van der Waals surface area contributed by atoms with Crippen LogP contribution in [-0.4, -0.2) is 36.7 Å². The van der Waals surface area contributed by atoms with E-state index < -0.39 is 41.7 Å². The van der Waals surface area contributed by atoms with Crippen LogP contribution < -0.4 is 11.0 Å². The molecule has 0 spiro atoms. The zero-order valence-corrected chi connectivity index (χ0v) is 15.0. The number of H-pyrrole nitrogens is 2. The fraction of sp³-hybridized carbons (Fsp3) is 0.353. The van der Waals surface area contributed by atoms with Crippen LogP contribution >= 0.6 is 0 Å². The van der Waals surface area contributed by atoms with E-state index in [1.54, 1.807) is 25.1 Å². The number of aliphatic hydroxyl groups is 1. The molecular formula is C17H18F3N5O3. The van der Waals surface area contributed by atoms with Crippen molar-refractivity contribution in [3.63, 3.8) is 0 Å². The number of nitrogens with zero attached hydrogens (tertiary/aromatic N) is 2. The maximum absolute atomic E-state index is 13.5. The minimum Gasteiger partial charge on any atom is -0.374 e. The van der Waals surface area contributed by atoms with Gasteiger partial charge in [0.2, 0.25) is 11.5 Å². The Morgan fingerprint density at radius 2 is 2.00 bits per heavy atom. The van der Waals surface area contributed by atoms with E-state index >= 15 is 0 Å². The second-order valence-corrected chi connectivity index (χ2v) is 6.57. The van der Waals surface area contributed by atoms with E-state index in [1.165, 1.54) is 13.2 Å². The smallest absolute Gasteiger partial charge is 0.374 e. The van der Waals surface area contributed by atoms with Gasteiger partial charge in [-0.15, -0.1) is 0 Å². The zero-order valence-electron chi connectivity index (χ0n) is 15.0. The van der Waals surface area contributed by atoms with Crippen molar-refractivity contribution in [2.24, 2.45) is 7.05 Å². The third-order valence-corrected chi connectivity index (χ3v) is 4.49. The van der Waals surface area contributed by atoms with Crippen LogP contribution in [0.15, 0.2) is 35.4 Å². The Balaban J connectivity index is 1.80. The number of nitrogens with one attached hydrogen (secondary N) is 3. The Hall–Kier alpha value is -3.08. The third kappa shape index (κ3) is 3.52. The fourth-order valence-electron chi connectivity index (χ4n) is 3.00. The summed E-state index contributed by atoms with van der Waals surface area (Å²) in [6, 6.07) is 4.19. The molecule has 4 N–H and O–H groups in total.